The summed E-state index contributed by atoms with van der Waals surface area (Å²) in [6, 6.07) is 16.7. The van der Waals surface area contributed by atoms with E-state index in [1.54, 1.807) is 9.25 Å². The number of nitrogens with zero attached hydrogens (tertiary/aromatic N) is 4. The van der Waals surface area contributed by atoms with Gasteiger partial charge in [0, 0.05) is 24.5 Å². The van der Waals surface area contributed by atoms with Crippen molar-refractivity contribution < 1.29 is 4.79 Å². The van der Waals surface area contributed by atoms with Crippen molar-refractivity contribution in [1.29, 1.82) is 0 Å². The number of carbonyl (C=O) groups is 1. The van der Waals surface area contributed by atoms with Gasteiger partial charge in [-0.15, -0.1) is 0 Å². The number of nitrogens with one attached hydrogen (secondary N) is 1. The van der Waals surface area contributed by atoms with E-state index in [9.17, 15) is 9.59 Å². The van der Waals surface area contributed by atoms with E-state index < -0.39 is 6.04 Å². The highest BCUT2D eigenvalue weighted by Crippen LogP contribution is 2.31. The number of thiazole rings is 1. The number of amides is 1. The van der Waals surface area contributed by atoms with E-state index in [1.807, 2.05) is 94.7 Å². The Hall–Kier alpha value is -4.04. The predicted octanol–water partition coefficient (Wildman–Crippen LogP) is 3.22. The lowest BCUT2D eigenvalue weighted by atomic mass is 9.95. The summed E-state index contributed by atoms with van der Waals surface area (Å²) in [4.78, 5) is 32.6. The van der Waals surface area contributed by atoms with Crippen molar-refractivity contribution in [3.8, 4) is 0 Å². The van der Waals surface area contributed by atoms with Gasteiger partial charge in [0.25, 0.3) is 11.5 Å². The second kappa shape index (κ2) is 8.96. The van der Waals surface area contributed by atoms with Gasteiger partial charge in [0.15, 0.2) is 4.80 Å². The first-order chi connectivity index (χ1) is 16.8. The molecule has 0 unspecified atom stereocenters. The van der Waals surface area contributed by atoms with Crippen LogP contribution in [0.5, 0.6) is 0 Å². The zero-order chi connectivity index (χ0) is 24.7. The fraction of sp³-hybridized carbons (Fsp3) is 0.185. The number of rotatable bonds is 4. The minimum absolute atomic E-state index is 0.181. The normalized spacial score (nSPS) is 15.7. The molecule has 0 saturated carbocycles. The number of hydrogen-bond acceptors (Lipinski definition) is 5. The molecule has 4 aromatic rings. The van der Waals surface area contributed by atoms with Gasteiger partial charge in [-0.1, -0.05) is 59.9 Å². The average Bonchev–Trinajstić information content (AvgIpc) is 3.32. The van der Waals surface area contributed by atoms with Gasteiger partial charge in [0.05, 0.1) is 27.5 Å². The molecular weight excluding hydrogens is 458 g/mol. The van der Waals surface area contributed by atoms with Gasteiger partial charge in [-0.25, -0.2) is 4.99 Å². The Morgan fingerprint density at radius 1 is 1.06 bits per heavy atom. The Balaban J connectivity index is 1.68. The summed E-state index contributed by atoms with van der Waals surface area (Å²) < 4.78 is 3.91. The average molecular weight is 484 g/mol. The fourth-order valence-corrected chi connectivity index (χ4v) is 5.40. The fourth-order valence-electron chi connectivity index (χ4n) is 4.37. The van der Waals surface area contributed by atoms with Crippen LogP contribution in [0.3, 0.4) is 0 Å². The molecule has 8 heteroatoms. The number of carbonyl (C=O) groups excluding carboxylic acids is 1. The van der Waals surface area contributed by atoms with E-state index in [4.69, 9.17) is 4.99 Å². The summed E-state index contributed by atoms with van der Waals surface area (Å²) in [7, 11) is 1.85. The lowest BCUT2D eigenvalue weighted by Crippen LogP contribution is -2.40. The van der Waals surface area contributed by atoms with Crippen LogP contribution in [-0.2, 0) is 11.8 Å². The first-order valence-corrected chi connectivity index (χ1v) is 12.1. The van der Waals surface area contributed by atoms with Crippen molar-refractivity contribution in [3.63, 3.8) is 0 Å². The first kappa shape index (κ1) is 22.7. The number of hydrogen-bond donors (Lipinski definition) is 1. The molecule has 0 spiro atoms. The molecule has 2 aromatic heterocycles. The summed E-state index contributed by atoms with van der Waals surface area (Å²) >= 11 is 1.32. The molecule has 1 atom stereocenters. The predicted molar refractivity (Wildman–Crippen MR) is 138 cm³/mol. The molecule has 7 nitrogen and oxygen atoms in total. The van der Waals surface area contributed by atoms with E-state index in [1.165, 1.54) is 11.3 Å². The minimum Gasteiger partial charge on any atom is -0.322 e. The van der Waals surface area contributed by atoms with Crippen LogP contribution < -0.4 is 20.2 Å². The summed E-state index contributed by atoms with van der Waals surface area (Å²) in [5.41, 5.74) is 5.12. The molecule has 5 rings (SSSR count). The zero-order valence-electron chi connectivity index (χ0n) is 19.9. The van der Waals surface area contributed by atoms with Crippen LogP contribution in [0, 0.1) is 13.8 Å². The van der Waals surface area contributed by atoms with E-state index in [0.717, 1.165) is 28.1 Å². The van der Waals surface area contributed by atoms with Crippen molar-refractivity contribution in [1.82, 2.24) is 14.3 Å². The lowest BCUT2D eigenvalue weighted by Gasteiger charge is -2.25. The molecule has 176 valence electrons. The third-order valence-electron chi connectivity index (χ3n) is 6.11. The Labute approximate surface area is 206 Å². The molecule has 3 heterocycles. The highest BCUT2D eigenvalue weighted by molar-refractivity contribution is 7.07. The molecule has 2 aromatic carbocycles. The van der Waals surface area contributed by atoms with Crippen LogP contribution in [0.15, 0.2) is 81.9 Å². The number of aromatic nitrogens is 3. The molecule has 0 fully saturated rings. The maximum Gasteiger partial charge on any atom is 0.271 e. The third kappa shape index (κ3) is 4.17. The van der Waals surface area contributed by atoms with E-state index in [-0.39, 0.29) is 11.5 Å². The maximum atomic E-state index is 13.7. The zero-order valence-corrected chi connectivity index (χ0v) is 20.8. The molecule has 1 N–H and O–H groups in total. The monoisotopic (exact) mass is 483 g/mol. The Kier molecular flexibility index (Phi) is 5.82. The smallest absolute Gasteiger partial charge is 0.271 e. The van der Waals surface area contributed by atoms with E-state index in [2.05, 4.69) is 10.4 Å². The van der Waals surface area contributed by atoms with Gasteiger partial charge in [0.2, 0.25) is 0 Å². The number of fused-ring (bicyclic) bond motifs is 1. The lowest BCUT2D eigenvalue weighted by molar-refractivity contribution is -0.113. The maximum absolute atomic E-state index is 13.7. The van der Waals surface area contributed by atoms with Gasteiger partial charge in [0.1, 0.15) is 0 Å². The molecular formula is C27H25N5O2S. The van der Waals surface area contributed by atoms with Gasteiger partial charge in [-0.2, -0.15) is 5.10 Å². The van der Waals surface area contributed by atoms with Gasteiger partial charge < -0.3 is 5.32 Å². The van der Waals surface area contributed by atoms with Crippen molar-refractivity contribution in [3.05, 3.63) is 114 Å². The molecule has 1 aliphatic rings. The standard InChI is InChI=1S/C27H25N5O2S/c1-16-10-8-9-13-21(16)29-25(33)23-18(3)28-27-32(24(23)19-11-6-5-7-12-19)26(34)22(35-27)14-20-15-31(4)30-17(20)2/h5-15,24H,1-4H3,(H,29,33)/t24-/m1/s1. The molecule has 1 aliphatic heterocycles. The molecule has 0 saturated heterocycles. The highest BCUT2D eigenvalue weighted by atomic mass is 32.1. The van der Waals surface area contributed by atoms with E-state index in [0.29, 0.717) is 20.6 Å². The number of benzene rings is 2. The van der Waals surface area contributed by atoms with Crippen molar-refractivity contribution in [2.45, 2.75) is 26.8 Å². The number of anilines is 1. The van der Waals surface area contributed by atoms with Gasteiger partial charge in [-0.05, 0) is 44.0 Å². The quantitative estimate of drug-likeness (QED) is 0.484. The van der Waals surface area contributed by atoms with Crippen LogP contribution in [0.25, 0.3) is 6.08 Å². The third-order valence-corrected chi connectivity index (χ3v) is 7.10. The number of para-hydroxylation sites is 1. The number of aryl methyl sites for hydroxylation is 3. The second-order valence-electron chi connectivity index (χ2n) is 8.61. The van der Waals surface area contributed by atoms with Gasteiger partial charge >= 0.3 is 0 Å². The summed E-state index contributed by atoms with van der Waals surface area (Å²) in [5.74, 6) is -0.271. The van der Waals surface area contributed by atoms with Crippen LogP contribution in [-0.4, -0.2) is 20.3 Å². The minimum atomic E-state index is -0.589. The summed E-state index contributed by atoms with van der Waals surface area (Å²) in [5, 5.41) is 7.40. The van der Waals surface area contributed by atoms with Gasteiger partial charge in [-0.3, -0.25) is 18.8 Å². The first-order valence-electron chi connectivity index (χ1n) is 11.3. The SMILES string of the molecule is CC1=C(C(=O)Nc2ccccc2C)[C@@H](c2ccccc2)n2c(sc(=Cc3cn(C)nc3C)c2=O)=N1. The molecule has 0 bridgehead atoms. The van der Waals surface area contributed by atoms with Crippen LogP contribution in [0.2, 0.25) is 0 Å². The largest absolute Gasteiger partial charge is 0.322 e. The topological polar surface area (TPSA) is 81.3 Å². The van der Waals surface area contributed by atoms with Crippen LogP contribution >= 0.6 is 11.3 Å². The Bertz CT molecular complexity index is 1660. The highest BCUT2D eigenvalue weighted by Gasteiger charge is 2.32. The van der Waals surface area contributed by atoms with Crippen molar-refractivity contribution in [2.24, 2.45) is 12.0 Å². The van der Waals surface area contributed by atoms with Crippen LogP contribution in [0.1, 0.15) is 35.3 Å². The molecule has 35 heavy (non-hydrogen) atoms. The van der Waals surface area contributed by atoms with E-state index >= 15 is 0 Å². The van der Waals surface area contributed by atoms with Crippen LogP contribution in [0.4, 0.5) is 5.69 Å². The Morgan fingerprint density at radius 2 is 1.77 bits per heavy atom. The molecule has 1 amide bonds. The molecule has 0 radical (unpaired) electrons. The molecule has 0 aliphatic carbocycles. The summed E-state index contributed by atoms with van der Waals surface area (Å²) in [6.45, 7) is 5.68. The second-order valence-corrected chi connectivity index (χ2v) is 9.61. The van der Waals surface area contributed by atoms with Crippen molar-refractivity contribution >= 4 is 29.0 Å². The van der Waals surface area contributed by atoms with Crippen molar-refractivity contribution in [2.75, 3.05) is 5.32 Å². The summed E-state index contributed by atoms with van der Waals surface area (Å²) in [6.07, 6.45) is 3.73. The number of allylic oxidation sites excluding steroid dienone is 1. The Morgan fingerprint density at radius 3 is 2.46 bits per heavy atom.